The average Bonchev–Trinajstić information content (AvgIpc) is 3.24. The van der Waals surface area contributed by atoms with Gasteiger partial charge in [0.15, 0.2) is 0 Å². The number of hydrogen-bond donors (Lipinski definition) is 1. The second-order valence-electron chi connectivity index (χ2n) is 6.68. The molecule has 0 bridgehead atoms. The Kier molecular flexibility index (Phi) is 5.68. The third kappa shape index (κ3) is 5.09. The fraction of sp³-hybridized carbons (Fsp3) is 0.0870. The van der Waals surface area contributed by atoms with E-state index in [1.807, 2.05) is 53.2 Å². The first-order chi connectivity index (χ1) is 14.2. The van der Waals surface area contributed by atoms with Gasteiger partial charge in [0.25, 0.3) is 0 Å². The molecular formula is C23H19ClN4O. The molecular weight excluding hydrogens is 384 g/mol. The molecule has 1 N–H and O–H groups in total. The second-order valence-corrected chi connectivity index (χ2v) is 7.11. The van der Waals surface area contributed by atoms with Crippen LogP contribution < -0.4 is 5.32 Å². The van der Waals surface area contributed by atoms with Crippen molar-refractivity contribution >= 4 is 34.5 Å². The van der Waals surface area contributed by atoms with Crippen LogP contribution in [-0.4, -0.2) is 20.4 Å². The number of rotatable bonds is 6. The molecule has 0 aliphatic heterocycles. The predicted molar refractivity (Wildman–Crippen MR) is 115 cm³/mol. The van der Waals surface area contributed by atoms with E-state index in [9.17, 15) is 4.79 Å². The molecule has 6 heteroatoms. The minimum atomic E-state index is -0.166. The first-order valence-electron chi connectivity index (χ1n) is 9.21. The van der Waals surface area contributed by atoms with E-state index < -0.39 is 0 Å². The van der Waals surface area contributed by atoms with Crippen LogP contribution in [0.15, 0.2) is 79.4 Å². The fourth-order valence-corrected chi connectivity index (χ4v) is 3.13. The Hall–Kier alpha value is -3.44. The van der Waals surface area contributed by atoms with Crippen LogP contribution >= 0.6 is 11.6 Å². The number of carbonyl (C=O) groups excluding carboxylic acids is 1. The number of carbonyl (C=O) groups is 1. The summed E-state index contributed by atoms with van der Waals surface area (Å²) in [6.07, 6.45) is 8.68. The van der Waals surface area contributed by atoms with Gasteiger partial charge in [-0.3, -0.25) is 4.79 Å². The Balaban J connectivity index is 1.32. The van der Waals surface area contributed by atoms with Crippen LogP contribution in [-0.2, 0) is 17.9 Å². The van der Waals surface area contributed by atoms with Crippen LogP contribution in [0.1, 0.15) is 16.8 Å². The van der Waals surface area contributed by atoms with Crippen LogP contribution in [0.25, 0.3) is 17.0 Å². The van der Waals surface area contributed by atoms with Crippen LogP contribution in [0, 0.1) is 0 Å². The Morgan fingerprint density at radius 2 is 1.86 bits per heavy atom. The lowest BCUT2D eigenvalue weighted by molar-refractivity contribution is -0.116. The molecule has 144 valence electrons. The zero-order chi connectivity index (χ0) is 20.1. The Morgan fingerprint density at radius 1 is 1.07 bits per heavy atom. The fourth-order valence-electron chi connectivity index (χ4n) is 2.96. The standard InChI is InChI=1S/C23H19ClN4O/c24-20-7-5-19-6-8-21(27-22(19)13-20)9-10-23(29)26-14-17-1-3-18(4-2-17)15-28-12-11-25-16-28/h1-13,16H,14-15H2,(H,26,29)/b10-9+. The van der Waals surface area contributed by atoms with Crippen molar-refractivity contribution in [2.45, 2.75) is 13.1 Å². The lowest BCUT2D eigenvalue weighted by Gasteiger charge is -2.06. The summed E-state index contributed by atoms with van der Waals surface area (Å²) >= 11 is 6.02. The van der Waals surface area contributed by atoms with Crippen molar-refractivity contribution in [3.63, 3.8) is 0 Å². The number of halogens is 1. The van der Waals surface area contributed by atoms with Gasteiger partial charge < -0.3 is 9.88 Å². The molecule has 0 aliphatic rings. The summed E-state index contributed by atoms with van der Waals surface area (Å²) in [6.45, 7) is 1.24. The zero-order valence-electron chi connectivity index (χ0n) is 15.6. The number of nitrogens with zero attached hydrogens (tertiary/aromatic N) is 3. The van der Waals surface area contributed by atoms with E-state index in [4.69, 9.17) is 11.6 Å². The topological polar surface area (TPSA) is 59.8 Å². The van der Waals surface area contributed by atoms with Crippen molar-refractivity contribution in [2.24, 2.45) is 0 Å². The lowest BCUT2D eigenvalue weighted by Crippen LogP contribution is -2.20. The minimum absolute atomic E-state index is 0.166. The van der Waals surface area contributed by atoms with Gasteiger partial charge in [-0.05, 0) is 35.4 Å². The third-order valence-corrected chi connectivity index (χ3v) is 4.73. The van der Waals surface area contributed by atoms with E-state index in [2.05, 4.69) is 27.4 Å². The monoisotopic (exact) mass is 402 g/mol. The van der Waals surface area contributed by atoms with E-state index in [1.165, 1.54) is 11.6 Å². The van der Waals surface area contributed by atoms with Crippen molar-refractivity contribution in [3.8, 4) is 0 Å². The molecule has 0 aliphatic carbocycles. The van der Waals surface area contributed by atoms with E-state index in [1.54, 1.807) is 18.6 Å². The lowest BCUT2D eigenvalue weighted by atomic mass is 10.1. The van der Waals surface area contributed by atoms with Crippen molar-refractivity contribution in [3.05, 3.63) is 101 Å². The van der Waals surface area contributed by atoms with Gasteiger partial charge in [-0.1, -0.05) is 48.0 Å². The summed E-state index contributed by atoms with van der Waals surface area (Å²) in [4.78, 5) is 20.7. The summed E-state index contributed by atoms with van der Waals surface area (Å²) in [5.41, 5.74) is 3.73. The highest BCUT2D eigenvalue weighted by Gasteiger charge is 2.01. The molecule has 0 unspecified atom stereocenters. The molecule has 0 saturated heterocycles. The number of hydrogen-bond acceptors (Lipinski definition) is 3. The largest absolute Gasteiger partial charge is 0.348 e. The van der Waals surface area contributed by atoms with Gasteiger partial charge in [0, 0.05) is 42.0 Å². The van der Waals surface area contributed by atoms with Gasteiger partial charge in [-0.25, -0.2) is 9.97 Å². The maximum atomic E-state index is 12.1. The highest BCUT2D eigenvalue weighted by Crippen LogP contribution is 2.18. The number of nitrogens with one attached hydrogen (secondary N) is 1. The van der Waals surface area contributed by atoms with E-state index >= 15 is 0 Å². The van der Waals surface area contributed by atoms with Crippen LogP contribution in [0.5, 0.6) is 0 Å². The number of pyridine rings is 1. The predicted octanol–water partition coefficient (Wildman–Crippen LogP) is 4.46. The SMILES string of the molecule is O=C(/C=C/c1ccc2ccc(Cl)cc2n1)NCc1ccc(Cn2ccnc2)cc1. The molecule has 2 aromatic carbocycles. The van der Waals surface area contributed by atoms with Crippen molar-refractivity contribution in [2.75, 3.05) is 0 Å². The highest BCUT2D eigenvalue weighted by atomic mass is 35.5. The molecule has 5 nitrogen and oxygen atoms in total. The van der Waals surface area contributed by atoms with Crippen molar-refractivity contribution in [1.29, 1.82) is 0 Å². The molecule has 1 amide bonds. The van der Waals surface area contributed by atoms with Crippen LogP contribution in [0.3, 0.4) is 0 Å². The number of aromatic nitrogens is 3. The van der Waals surface area contributed by atoms with Gasteiger partial charge in [0.1, 0.15) is 0 Å². The summed E-state index contributed by atoms with van der Waals surface area (Å²) in [5, 5.41) is 4.54. The average molecular weight is 403 g/mol. The summed E-state index contributed by atoms with van der Waals surface area (Å²) < 4.78 is 2.01. The van der Waals surface area contributed by atoms with Crippen LogP contribution in [0.4, 0.5) is 0 Å². The van der Waals surface area contributed by atoms with Crippen molar-refractivity contribution in [1.82, 2.24) is 19.9 Å². The first kappa shape index (κ1) is 18.9. The summed E-state index contributed by atoms with van der Waals surface area (Å²) in [5.74, 6) is -0.166. The number of amides is 1. The third-order valence-electron chi connectivity index (χ3n) is 4.50. The molecule has 29 heavy (non-hydrogen) atoms. The quantitative estimate of drug-likeness (QED) is 0.484. The molecule has 0 atom stereocenters. The zero-order valence-corrected chi connectivity index (χ0v) is 16.4. The minimum Gasteiger partial charge on any atom is -0.348 e. The maximum Gasteiger partial charge on any atom is 0.244 e. The molecule has 2 heterocycles. The number of benzene rings is 2. The van der Waals surface area contributed by atoms with Gasteiger partial charge in [-0.2, -0.15) is 0 Å². The van der Waals surface area contributed by atoms with Crippen molar-refractivity contribution < 1.29 is 4.79 Å². The number of imidazole rings is 1. The molecule has 4 aromatic rings. The maximum absolute atomic E-state index is 12.1. The molecule has 2 aromatic heterocycles. The van der Waals surface area contributed by atoms with Gasteiger partial charge in [-0.15, -0.1) is 0 Å². The molecule has 0 radical (unpaired) electrons. The van der Waals surface area contributed by atoms with E-state index in [-0.39, 0.29) is 5.91 Å². The summed E-state index contributed by atoms with van der Waals surface area (Å²) in [6, 6.07) is 17.6. The Labute approximate surface area is 173 Å². The molecule has 0 saturated carbocycles. The Morgan fingerprint density at radius 3 is 2.66 bits per heavy atom. The van der Waals surface area contributed by atoms with E-state index in [0.717, 1.165) is 23.0 Å². The smallest absolute Gasteiger partial charge is 0.244 e. The first-order valence-corrected chi connectivity index (χ1v) is 9.59. The normalized spacial score (nSPS) is 11.2. The molecule has 0 spiro atoms. The van der Waals surface area contributed by atoms with Gasteiger partial charge >= 0.3 is 0 Å². The van der Waals surface area contributed by atoms with Crippen LogP contribution in [0.2, 0.25) is 5.02 Å². The van der Waals surface area contributed by atoms with Gasteiger partial charge in [0.2, 0.25) is 5.91 Å². The highest BCUT2D eigenvalue weighted by molar-refractivity contribution is 6.31. The van der Waals surface area contributed by atoms with E-state index in [0.29, 0.717) is 17.3 Å². The molecule has 4 rings (SSSR count). The number of fused-ring (bicyclic) bond motifs is 1. The second kappa shape index (κ2) is 8.71. The Bertz CT molecular complexity index is 1150. The summed E-state index contributed by atoms with van der Waals surface area (Å²) in [7, 11) is 0. The van der Waals surface area contributed by atoms with Gasteiger partial charge in [0.05, 0.1) is 17.5 Å². The molecule has 0 fully saturated rings.